The first-order valence-electron chi connectivity index (χ1n) is 10.4. The Kier molecular flexibility index (Phi) is 3.46. The average molecular weight is 384 g/mol. The van der Waals surface area contributed by atoms with Gasteiger partial charge >= 0.3 is 7.82 Å². The molecule has 6 rings (SSSR count). The average Bonchev–Trinajstić information content (AvgIpc) is 2.86. The van der Waals surface area contributed by atoms with E-state index in [9.17, 15) is 9.67 Å². The molecule has 6 aliphatic rings. The predicted molar refractivity (Wildman–Crippen MR) is 96.9 cm³/mol. The predicted octanol–water partition coefficient (Wildman–Crippen LogP) is 5.09. The van der Waals surface area contributed by atoms with Crippen molar-refractivity contribution in [2.75, 3.05) is 0 Å². The number of fused-ring (bicyclic) bond motifs is 3. The first-order chi connectivity index (χ1) is 12.0. The van der Waals surface area contributed by atoms with Crippen LogP contribution in [0.5, 0.6) is 0 Å². The van der Waals surface area contributed by atoms with E-state index in [4.69, 9.17) is 13.6 Å². The molecule has 0 aromatic heterocycles. The lowest BCUT2D eigenvalue weighted by atomic mass is 9.46. The number of hydrogen-bond donors (Lipinski definition) is 1. The topological polar surface area (TPSA) is 65.0 Å². The Morgan fingerprint density at radius 1 is 0.962 bits per heavy atom. The van der Waals surface area contributed by atoms with Gasteiger partial charge in [-0.25, -0.2) is 18.1 Å². The maximum absolute atomic E-state index is 12.4. The molecule has 7 atom stereocenters. The summed E-state index contributed by atoms with van der Waals surface area (Å²) in [6.07, 6.45) is 6.15. The number of phosphoric ester groups is 1. The highest BCUT2D eigenvalue weighted by atomic mass is 31.2. The first-order valence-corrected chi connectivity index (χ1v) is 11.9. The van der Waals surface area contributed by atoms with Gasteiger partial charge in [-0.3, -0.25) is 0 Å². The molecule has 6 heteroatoms. The molecule has 26 heavy (non-hydrogen) atoms. The van der Waals surface area contributed by atoms with Gasteiger partial charge in [0.05, 0.1) is 0 Å². The molecule has 4 bridgehead atoms. The van der Waals surface area contributed by atoms with Crippen molar-refractivity contribution in [1.29, 1.82) is 0 Å². The zero-order chi connectivity index (χ0) is 18.8. The van der Waals surface area contributed by atoms with E-state index in [2.05, 4.69) is 34.6 Å². The Labute approximate surface area is 156 Å². The second kappa shape index (κ2) is 4.97. The third kappa shape index (κ3) is 1.90. The third-order valence-corrected chi connectivity index (χ3v) is 10.9. The molecule has 3 aliphatic heterocycles. The molecule has 0 radical (unpaired) electrons. The van der Waals surface area contributed by atoms with Gasteiger partial charge in [-0.05, 0) is 60.7 Å². The van der Waals surface area contributed by atoms with Crippen LogP contribution in [0.1, 0.15) is 73.1 Å². The summed E-state index contributed by atoms with van der Waals surface area (Å²) in [7, 11) is -3.55. The second-order valence-electron chi connectivity index (χ2n) is 10.8. The molecule has 3 aliphatic carbocycles. The van der Waals surface area contributed by atoms with Crippen molar-refractivity contribution in [2.24, 2.45) is 40.4 Å². The summed E-state index contributed by atoms with van der Waals surface area (Å²) >= 11 is 0. The summed E-state index contributed by atoms with van der Waals surface area (Å²) in [5.41, 5.74) is -0.174. The van der Waals surface area contributed by atoms with Crippen LogP contribution in [0.2, 0.25) is 0 Å². The highest BCUT2D eigenvalue weighted by molar-refractivity contribution is 7.50. The van der Waals surface area contributed by atoms with E-state index in [1.165, 1.54) is 12.8 Å². The summed E-state index contributed by atoms with van der Waals surface area (Å²) in [4.78, 5) is 0. The van der Waals surface area contributed by atoms with Crippen molar-refractivity contribution in [1.82, 2.24) is 0 Å². The molecule has 3 heterocycles. The third-order valence-electron chi connectivity index (χ3n) is 9.33. The van der Waals surface area contributed by atoms with E-state index < -0.39 is 24.8 Å². The lowest BCUT2D eigenvalue weighted by Gasteiger charge is -2.61. The quantitative estimate of drug-likeness (QED) is 0.589. The largest absolute Gasteiger partial charge is 0.483 e. The standard InChI is InChI=1S/C20H33O5P/c1-12-6-7-14-10-16-13(2)11-19-20(21,25-26(22,23-19)24-19)18(16,5)9-8-15(12)17(14,3)4/h12-16,21H,6-11H2,1-5H3/t12-,13-,14+,15+,16-,18+,19?,20?,26?/m1/s1. The zero-order valence-electron chi connectivity index (χ0n) is 16.7. The fourth-order valence-electron chi connectivity index (χ4n) is 7.72. The van der Waals surface area contributed by atoms with Crippen LogP contribution in [0.25, 0.3) is 0 Å². The van der Waals surface area contributed by atoms with E-state index in [1.54, 1.807) is 0 Å². The van der Waals surface area contributed by atoms with Crippen LogP contribution in [-0.4, -0.2) is 16.7 Å². The maximum Gasteiger partial charge on any atom is 0.483 e. The number of hydrogen-bond acceptors (Lipinski definition) is 5. The molecule has 3 saturated carbocycles. The van der Waals surface area contributed by atoms with Crippen molar-refractivity contribution in [3.8, 4) is 0 Å². The lowest BCUT2D eigenvalue weighted by Crippen LogP contribution is -2.69. The summed E-state index contributed by atoms with van der Waals surface area (Å²) < 4.78 is 29.3. The van der Waals surface area contributed by atoms with Gasteiger partial charge in [-0.2, -0.15) is 0 Å². The Balaban J connectivity index is 1.59. The molecular weight excluding hydrogens is 351 g/mol. The van der Waals surface area contributed by atoms with Crippen molar-refractivity contribution in [3.63, 3.8) is 0 Å². The molecule has 0 amide bonds. The van der Waals surface area contributed by atoms with Gasteiger partial charge in [0.2, 0.25) is 11.6 Å². The maximum atomic E-state index is 12.4. The van der Waals surface area contributed by atoms with Crippen LogP contribution in [0, 0.1) is 40.4 Å². The van der Waals surface area contributed by atoms with Crippen molar-refractivity contribution in [2.45, 2.75) is 84.7 Å². The Hall–Kier alpha value is 0.0700. The number of phosphoric acid groups is 1. The highest BCUT2D eigenvalue weighted by Crippen LogP contribution is 2.84. The first kappa shape index (κ1) is 18.1. The molecule has 6 fully saturated rings. The van der Waals surface area contributed by atoms with E-state index in [-0.39, 0.29) is 0 Å². The monoisotopic (exact) mass is 384 g/mol. The second-order valence-corrected chi connectivity index (χ2v) is 12.2. The van der Waals surface area contributed by atoms with Crippen LogP contribution in [0.3, 0.4) is 0 Å². The minimum Gasteiger partial charge on any atom is -0.360 e. The summed E-state index contributed by atoms with van der Waals surface area (Å²) in [5.74, 6) is -0.157. The van der Waals surface area contributed by atoms with E-state index in [1.807, 2.05) is 0 Å². The Morgan fingerprint density at radius 2 is 1.65 bits per heavy atom. The minimum absolute atomic E-state index is 0.316. The van der Waals surface area contributed by atoms with E-state index in [0.717, 1.165) is 19.3 Å². The SMILES string of the molecule is C[C@@H]1CC23OP(=O)(O2)OC3(O)[C@@]2(C)CC[C@H]3[C@H](C)CC[C@@H](C[C@H]12)C3(C)C. The molecule has 0 aromatic rings. The van der Waals surface area contributed by atoms with Gasteiger partial charge in [0, 0.05) is 11.8 Å². The molecule has 1 unspecified atom stereocenters. The van der Waals surface area contributed by atoms with Gasteiger partial charge in [0.1, 0.15) is 0 Å². The molecule has 3 saturated heterocycles. The molecule has 0 aromatic carbocycles. The van der Waals surface area contributed by atoms with Gasteiger partial charge in [-0.15, -0.1) is 0 Å². The summed E-state index contributed by atoms with van der Waals surface area (Å²) in [5, 5.41) is 11.7. The van der Waals surface area contributed by atoms with Gasteiger partial charge < -0.3 is 5.11 Å². The number of aliphatic hydroxyl groups is 1. The minimum atomic E-state index is -3.55. The lowest BCUT2D eigenvalue weighted by molar-refractivity contribution is -0.370. The normalized spacial score (nSPS) is 63.1. The smallest absolute Gasteiger partial charge is 0.360 e. The highest BCUT2D eigenvalue weighted by Gasteiger charge is 2.86. The van der Waals surface area contributed by atoms with Gasteiger partial charge in [0.25, 0.3) is 0 Å². The van der Waals surface area contributed by atoms with Crippen LogP contribution < -0.4 is 0 Å². The Bertz CT molecular complexity index is 682. The Morgan fingerprint density at radius 3 is 2.35 bits per heavy atom. The van der Waals surface area contributed by atoms with Gasteiger partial charge in [0.15, 0.2) is 0 Å². The van der Waals surface area contributed by atoms with E-state index in [0.29, 0.717) is 41.4 Å². The van der Waals surface area contributed by atoms with Crippen molar-refractivity contribution >= 4 is 7.82 Å². The van der Waals surface area contributed by atoms with Crippen LogP contribution in [-0.2, 0) is 18.1 Å². The van der Waals surface area contributed by atoms with Gasteiger partial charge in [-0.1, -0.05) is 41.0 Å². The molecule has 5 nitrogen and oxygen atoms in total. The van der Waals surface area contributed by atoms with Crippen LogP contribution >= 0.6 is 7.82 Å². The summed E-state index contributed by atoms with van der Waals surface area (Å²) in [6.45, 7) is 11.7. The fraction of sp³-hybridized carbons (Fsp3) is 1.00. The van der Waals surface area contributed by atoms with E-state index >= 15 is 0 Å². The van der Waals surface area contributed by atoms with Crippen molar-refractivity contribution in [3.05, 3.63) is 0 Å². The molecule has 148 valence electrons. The molecule has 1 N–H and O–H groups in total. The summed E-state index contributed by atoms with van der Waals surface area (Å²) in [6, 6.07) is 0. The van der Waals surface area contributed by atoms with Crippen molar-refractivity contribution < 1.29 is 23.2 Å². The number of rotatable bonds is 0. The fourth-order valence-corrected chi connectivity index (χ4v) is 9.60. The molecular formula is C20H33O5P. The zero-order valence-corrected chi connectivity index (χ0v) is 17.6. The van der Waals surface area contributed by atoms with Crippen LogP contribution in [0.15, 0.2) is 0 Å². The molecule has 1 spiro atoms. The van der Waals surface area contributed by atoms with Crippen LogP contribution in [0.4, 0.5) is 0 Å².